The molecule has 1 aromatic rings. The molecule has 0 atom stereocenters. The summed E-state index contributed by atoms with van der Waals surface area (Å²) in [5, 5.41) is 3.29. The average molecular weight is 225 g/mol. The van der Waals surface area contributed by atoms with Crippen LogP contribution in [0.1, 0.15) is 26.1 Å². The molecule has 5 nitrogen and oxygen atoms in total. The van der Waals surface area contributed by atoms with Gasteiger partial charge in [-0.05, 0) is 19.9 Å². The molecule has 1 heterocycles. The van der Waals surface area contributed by atoms with Gasteiger partial charge in [-0.1, -0.05) is 13.8 Å². The van der Waals surface area contributed by atoms with E-state index < -0.39 is 0 Å². The van der Waals surface area contributed by atoms with E-state index in [0.29, 0.717) is 24.4 Å². The maximum absolute atomic E-state index is 11.1. The summed E-state index contributed by atoms with van der Waals surface area (Å²) in [5.41, 5.74) is -0.178. The van der Waals surface area contributed by atoms with Crippen molar-refractivity contribution in [3.63, 3.8) is 0 Å². The Balaban J connectivity index is 2.29. The van der Waals surface area contributed by atoms with Crippen LogP contribution in [0.4, 0.5) is 0 Å². The Morgan fingerprint density at radius 1 is 1.56 bits per heavy atom. The number of aryl methyl sites for hydroxylation is 1. The van der Waals surface area contributed by atoms with E-state index in [4.69, 9.17) is 4.74 Å². The van der Waals surface area contributed by atoms with E-state index in [2.05, 4.69) is 29.1 Å². The lowest BCUT2D eigenvalue weighted by Gasteiger charge is -2.08. The van der Waals surface area contributed by atoms with Gasteiger partial charge in [-0.2, -0.15) is 0 Å². The summed E-state index contributed by atoms with van der Waals surface area (Å²) in [5.74, 6) is 0.966. The molecule has 0 spiro atoms. The van der Waals surface area contributed by atoms with Crippen molar-refractivity contribution in [1.82, 2.24) is 15.3 Å². The number of aromatic nitrogens is 2. The van der Waals surface area contributed by atoms with Gasteiger partial charge in [0.05, 0.1) is 12.7 Å². The predicted molar refractivity (Wildman–Crippen MR) is 62.8 cm³/mol. The summed E-state index contributed by atoms with van der Waals surface area (Å²) >= 11 is 0. The van der Waals surface area contributed by atoms with Gasteiger partial charge in [0, 0.05) is 6.04 Å². The SMILES string of the molecule is Cc1nc(OCCCNC(C)C)cc(=O)[nH]1. The standard InChI is InChI=1S/C11H19N3O2/c1-8(2)12-5-4-6-16-11-7-10(15)13-9(3)14-11/h7-8,12H,4-6H2,1-3H3,(H,13,14,15). The van der Waals surface area contributed by atoms with Crippen LogP contribution >= 0.6 is 0 Å². The van der Waals surface area contributed by atoms with Gasteiger partial charge in [-0.3, -0.25) is 4.79 Å². The van der Waals surface area contributed by atoms with Crippen LogP contribution in [0.5, 0.6) is 5.88 Å². The quantitative estimate of drug-likeness (QED) is 0.704. The largest absolute Gasteiger partial charge is 0.477 e. The van der Waals surface area contributed by atoms with Crippen LogP contribution in [-0.2, 0) is 0 Å². The summed E-state index contributed by atoms with van der Waals surface area (Å²) in [4.78, 5) is 17.7. The van der Waals surface area contributed by atoms with E-state index >= 15 is 0 Å². The molecule has 0 aliphatic heterocycles. The summed E-state index contributed by atoms with van der Waals surface area (Å²) < 4.78 is 5.38. The highest BCUT2D eigenvalue weighted by Gasteiger charge is 1.99. The summed E-state index contributed by atoms with van der Waals surface area (Å²) in [6.07, 6.45) is 0.895. The van der Waals surface area contributed by atoms with Crippen molar-refractivity contribution in [2.45, 2.75) is 33.2 Å². The maximum Gasteiger partial charge on any atom is 0.254 e. The zero-order valence-corrected chi connectivity index (χ0v) is 10.0. The normalized spacial score (nSPS) is 10.8. The molecule has 1 rings (SSSR count). The molecule has 0 fully saturated rings. The van der Waals surface area contributed by atoms with E-state index in [-0.39, 0.29) is 5.56 Å². The van der Waals surface area contributed by atoms with Crippen molar-refractivity contribution in [3.8, 4) is 5.88 Å². The van der Waals surface area contributed by atoms with Crippen molar-refractivity contribution in [2.75, 3.05) is 13.2 Å². The van der Waals surface area contributed by atoms with Crippen molar-refractivity contribution in [1.29, 1.82) is 0 Å². The number of nitrogens with one attached hydrogen (secondary N) is 2. The highest BCUT2D eigenvalue weighted by molar-refractivity contribution is 5.07. The molecule has 0 saturated carbocycles. The van der Waals surface area contributed by atoms with Gasteiger partial charge in [-0.15, -0.1) is 0 Å². The topological polar surface area (TPSA) is 67.0 Å². The fraction of sp³-hybridized carbons (Fsp3) is 0.636. The number of aromatic amines is 1. The summed E-state index contributed by atoms with van der Waals surface area (Å²) in [6.45, 7) is 7.40. The minimum atomic E-state index is -0.178. The lowest BCUT2D eigenvalue weighted by molar-refractivity contribution is 0.293. The number of H-pyrrole nitrogens is 1. The number of nitrogens with zero attached hydrogens (tertiary/aromatic N) is 1. The smallest absolute Gasteiger partial charge is 0.254 e. The molecule has 5 heteroatoms. The van der Waals surface area contributed by atoms with Crippen LogP contribution in [-0.4, -0.2) is 29.2 Å². The molecule has 0 unspecified atom stereocenters. The first-order chi connectivity index (χ1) is 7.58. The Labute approximate surface area is 95.3 Å². The first-order valence-electron chi connectivity index (χ1n) is 5.52. The van der Waals surface area contributed by atoms with Gasteiger partial charge in [0.15, 0.2) is 0 Å². The van der Waals surface area contributed by atoms with E-state index in [1.807, 2.05) is 0 Å². The molecular weight excluding hydrogens is 206 g/mol. The number of hydrogen-bond donors (Lipinski definition) is 2. The fourth-order valence-electron chi connectivity index (χ4n) is 1.27. The number of hydrogen-bond acceptors (Lipinski definition) is 4. The molecule has 0 aliphatic rings. The van der Waals surface area contributed by atoms with Gasteiger partial charge in [-0.25, -0.2) is 4.98 Å². The lowest BCUT2D eigenvalue weighted by Crippen LogP contribution is -2.25. The van der Waals surface area contributed by atoms with Crippen LogP contribution in [0, 0.1) is 6.92 Å². The van der Waals surface area contributed by atoms with Crippen LogP contribution in [0.25, 0.3) is 0 Å². The van der Waals surface area contributed by atoms with Crippen LogP contribution in [0.3, 0.4) is 0 Å². The summed E-state index contributed by atoms with van der Waals surface area (Å²) in [7, 11) is 0. The van der Waals surface area contributed by atoms with Crippen LogP contribution in [0.2, 0.25) is 0 Å². The molecule has 0 amide bonds. The van der Waals surface area contributed by atoms with Crippen LogP contribution < -0.4 is 15.6 Å². The second kappa shape index (κ2) is 6.27. The molecule has 16 heavy (non-hydrogen) atoms. The molecule has 2 N–H and O–H groups in total. The number of rotatable bonds is 6. The van der Waals surface area contributed by atoms with Crippen molar-refractivity contribution in [2.24, 2.45) is 0 Å². The third-order valence-electron chi connectivity index (χ3n) is 1.96. The van der Waals surface area contributed by atoms with Gasteiger partial charge >= 0.3 is 0 Å². The molecule has 1 aromatic heterocycles. The zero-order chi connectivity index (χ0) is 12.0. The van der Waals surface area contributed by atoms with Crippen molar-refractivity contribution in [3.05, 3.63) is 22.2 Å². The molecule has 90 valence electrons. The second-order valence-corrected chi connectivity index (χ2v) is 3.98. The van der Waals surface area contributed by atoms with E-state index in [0.717, 1.165) is 13.0 Å². The van der Waals surface area contributed by atoms with Crippen LogP contribution in [0.15, 0.2) is 10.9 Å². The maximum atomic E-state index is 11.1. The molecular formula is C11H19N3O2. The van der Waals surface area contributed by atoms with Crippen molar-refractivity contribution < 1.29 is 4.74 Å². The highest BCUT2D eigenvalue weighted by Crippen LogP contribution is 2.01. The highest BCUT2D eigenvalue weighted by atomic mass is 16.5. The zero-order valence-electron chi connectivity index (χ0n) is 10.0. The Morgan fingerprint density at radius 3 is 2.94 bits per heavy atom. The Kier molecular flexibility index (Phi) is 4.98. The lowest BCUT2D eigenvalue weighted by atomic mass is 10.3. The van der Waals surface area contributed by atoms with E-state index in [9.17, 15) is 4.79 Å². The fourth-order valence-corrected chi connectivity index (χ4v) is 1.27. The first-order valence-corrected chi connectivity index (χ1v) is 5.52. The third-order valence-corrected chi connectivity index (χ3v) is 1.96. The minimum Gasteiger partial charge on any atom is -0.477 e. The first kappa shape index (κ1) is 12.7. The Bertz CT molecular complexity index is 374. The van der Waals surface area contributed by atoms with Gasteiger partial charge in [0.1, 0.15) is 5.82 Å². The van der Waals surface area contributed by atoms with E-state index in [1.54, 1.807) is 6.92 Å². The predicted octanol–water partition coefficient (Wildman–Crippen LogP) is 0.845. The Morgan fingerprint density at radius 2 is 2.31 bits per heavy atom. The van der Waals surface area contributed by atoms with E-state index in [1.165, 1.54) is 6.07 Å². The summed E-state index contributed by atoms with van der Waals surface area (Å²) in [6, 6.07) is 1.85. The molecule has 0 saturated heterocycles. The average Bonchev–Trinajstić information content (AvgIpc) is 2.15. The van der Waals surface area contributed by atoms with Gasteiger partial charge in [0.2, 0.25) is 5.88 Å². The minimum absolute atomic E-state index is 0.178. The third kappa shape index (κ3) is 4.93. The molecule has 0 aliphatic carbocycles. The Hall–Kier alpha value is -1.36. The van der Waals surface area contributed by atoms with Crippen molar-refractivity contribution >= 4 is 0 Å². The molecule has 0 radical (unpaired) electrons. The monoisotopic (exact) mass is 225 g/mol. The van der Waals surface area contributed by atoms with Gasteiger partial charge in [0.25, 0.3) is 5.56 Å². The molecule has 0 bridgehead atoms. The van der Waals surface area contributed by atoms with Gasteiger partial charge < -0.3 is 15.0 Å². The number of ether oxygens (including phenoxy) is 1. The molecule has 0 aromatic carbocycles. The second-order valence-electron chi connectivity index (χ2n) is 3.98.